The molecule has 2 heterocycles. The summed E-state index contributed by atoms with van der Waals surface area (Å²) in [5.74, 6) is 2.58. The number of pyridine rings is 1. The van der Waals surface area contributed by atoms with E-state index in [-0.39, 0.29) is 29.2 Å². The first-order chi connectivity index (χ1) is 15.8. The second-order valence-corrected chi connectivity index (χ2v) is 9.64. The van der Waals surface area contributed by atoms with Crippen molar-refractivity contribution in [1.29, 1.82) is 0 Å². The van der Waals surface area contributed by atoms with Crippen molar-refractivity contribution in [3.05, 3.63) is 63.9 Å². The molecule has 0 bridgehead atoms. The fourth-order valence-corrected chi connectivity index (χ4v) is 6.28. The van der Waals surface area contributed by atoms with Crippen LogP contribution in [0.15, 0.2) is 47.3 Å². The van der Waals surface area contributed by atoms with E-state index in [1.165, 1.54) is 0 Å². The molecule has 1 fully saturated rings. The third-order valence-electron chi connectivity index (χ3n) is 7.64. The van der Waals surface area contributed by atoms with Gasteiger partial charge in [-0.3, -0.25) is 4.79 Å². The largest absolute Gasteiger partial charge is 0.493 e. The Hall–Kier alpha value is -2.99. The van der Waals surface area contributed by atoms with E-state index in [4.69, 9.17) is 18.9 Å². The topological polar surface area (TPSA) is 58.9 Å². The number of rotatable bonds is 5. The molecule has 33 heavy (non-hydrogen) atoms. The summed E-state index contributed by atoms with van der Waals surface area (Å²) in [6.45, 7) is 4.86. The Balaban J connectivity index is 1.75. The van der Waals surface area contributed by atoms with E-state index in [9.17, 15) is 4.79 Å². The quantitative estimate of drug-likeness (QED) is 0.575. The van der Waals surface area contributed by atoms with Crippen LogP contribution in [0, 0.1) is 11.8 Å². The Morgan fingerprint density at radius 3 is 2.42 bits per heavy atom. The number of hydrogen-bond donors (Lipinski definition) is 0. The van der Waals surface area contributed by atoms with E-state index in [1.54, 1.807) is 25.9 Å². The molecule has 0 amide bonds. The van der Waals surface area contributed by atoms with Gasteiger partial charge in [0.25, 0.3) is 5.56 Å². The minimum absolute atomic E-state index is 0.00976. The van der Waals surface area contributed by atoms with Crippen LogP contribution in [0.2, 0.25) is 0 Å². The Morgan fingerprint density at radius 2 is 1.73 bits per heavy atom. The van der Waals surface area contributed by atoms with Crippen molar-refractivity contribution in [2.24, 2.45) is 18.9 Å². The molecule has 6 heteroatoms. The van der Waals surface area contributed by atoms with Gasteiger partial charge in [0.1, 0.15) is 11.4 Å². The first-order valence-corrected chi connectivity index (χ1v) is 11.4. The summed E-state index contributed by atoms with van der Waals surface area (Å²) in [4.78, 5) is 13.7. The monoisotopic (exact) mass is 449 g/mol. The van der Waals surface area contributed by atoms with Gasteiger partial charge in [0, 0.05) is 31.4 Å². The number of aryl methyl sites for hydroxylation is 1. The molecule has 174 valence electrons. The van der Waals surface area contributed by atoms with Crippen LogP contribution in [0.4, 0.5) is 0 Å². The van der Waals surface area contributed by atoms with E-state index < -0.39 is 5.60 Å². The lowest BCUT2D eigenvalue weighted by atomic mass is 9.48. The third-order valence-corrected chi connectivity index (χ3v) is 7.64. The molecule has 0 N–H and O–H groups in total. The number of ether oxygens (including phenoxy) is 4. The summed E-state index contributed by atoms with van der Waals surface area (Å²) in [7, 11) is 6.86. The van der Waals surface area contributed by atoms with Crippen LogP contribution in [-0.2, 0) is 11.8 Å². The minimum Gasteiger partial charge on any atom is -0.493 e. The Bertz CT molecular complexity index is 1280. The standard InChI is InChI=1S/C27H31NO5/c1-27(2)24-17(14-30-4)21(15-11-12-19(31-5)20(13-15)32-6)22(24)23-25(33-27)16-9-7-8-10-18(16)28(3)26(23)29/h7-13,17,21-22,24H,14H2,1-6H3. The van der Waals surface area contributed by atoms with E-state index in [0.29, 0.717) is 18.1 Å². The molecule has 1 aliphatic carbocycles. The van der Waals surface area contributed by atoms with Gasteiger partial charge in [0.15, 0.2) is 11.5 Å². The van der Waals surface area contributed by atoms with Gasteiger partial charge in [-0.1, -0.05) is 18.2 Å². The number of hydrogen-bond acceptors (Lipinski definition) is 5. The van der Waals surface area contributed by atoms with Crippen molar-refractivity contribution in [2.45, 2.75) is 31.3 Å². The van der Waals surface area contributed by atoms with Crippen LogP contribution >= 0.6 is 0 Å². The van der Waals surface area contributed by atoms with Crippen LogP contribution in [0.3, 0.4) is 0 Å². The van der Waals surface area contributed by atoms with Crippen LogP contribution in [-0.4, -0.2) is 38.1 Å². The molecule has 0 saturated heterocycles. The van der Waals surface area contributed by atoms with Crippen LogP contribution in [0.5, 0.6) is 17.2 Å². The van der Waals surface area contributed by atoms with Gasteiger partial charge in [-0.2, -0.15) is 0 Å². The molecule has 6 nitrogen and oxygen atoms in total. The number of aromatic nitrogens is 1. The lowest BCUT2D eigenvalue weighted by Gasteiger charge is -2.60. The fourth-order valence-electron chi connectivity index (χ4n) is 6.28. The van der Waals surface area contributed by atoms with E-state index in [1.807, 2.05) is 43.4 Å². The Kier molecular flexibility index (Phi) is 5.16. The average molecular weight is 450 g/mol. The molecule has 5 rings (SSSR count). The maximum atomic E-state index is 13.7. The van der Waals surface area contributed by atoms with Gasteiger partial charge >= 0.3 is 0 Å². The first-order valence-electron chi connectivity index (χ1n) is 11.4. The molecule has 0 radical (unpaired) electrons. The molecule has 3 aromatic rings. The van der Waals surface area contributed by atoms with Gasteiger partial charge in [-0.15, -0.1) is 0 Å². The van der Waals surface area contributed by atoms with Gasteiger partial charge in [-0.25, -0.2) is 0 Å². The number of benzene rings is 2. The van der Waals surface area contributed by atoms with E-state index in [2.05, 4.69) is 19.9 Å². The highest BCUT2D eigenvalue weighted by Crippen LogP contribution is 2.65. The second kappa shape index (κ2) is 7.80. The van der Waals surface area contributed by atoms with Gasteiger partial charge in [-0.05, 0) is 55.5 Å². The van der Waals surface area contributed by atoms with Crippen molar-refractivity contribution >= 4 is 10.9 Å². The summed E-state index contributed by atoms with van der Waals surface area (Å²) < 4.78 is 25.1. The van der Waals surface area contributed by atoms with Crippen LogP contribution < -0.4 is 19.8 Å². The zero-order valence-corrected chi connectivity index (χ0v) is 20.0. The summed E-state index contributed by atoms with van der Waals surface area (Å²) in [5, 5.41) is 0.974. The molecular weight excluding hydrogens is 418 g/mol. The summed E-state index contributed by atoms with van der Waals surface area (Å²) in [6.07, 6.45) is 0. The summed E-state index contributed by atoms with van der Waals surface area (Å²) in [5.41, 5.74) is 2.34. The number of methoxy groups -OCH3 is 3. The molecule has 4 unspecified atom stereocenters. The van der Waals surface area contributed by atoms with Crippen molar-refractivity contribution in [1.82, 2.24) is 4.57 Å². The number of para-hydroxylation sites is 1. The maximum Gasteiger partial charge on any atom is 0.258 e. The van der Waals surface area contributed by atoms with Gasteiger partial charge in [0.2, 0.25) is 0 Å². The van der Waals surface area contributed by atoms with Crippen molar-refractivity contribution in [2.75, 3.05) is 27.9 Å². The van der Waals surface area contributed by atoms with Gasteiger partial charge < -0.3 is 23.5 Å². The van der Waals surface area contributed by atoms with Crippen molar-refractivity contribution < 1.29 is 18.9 Å². The predicted octanol–water partition coefficient (Wildman–Crippen LogP) is 4.49. The molecular formula is C27H31NO5. The predicted molar refractivity (Wildman–Crippen MR) is 128 cm³/mol. The SMILES string of the molecule is COCC1C(c2ccc(OC)c(OC)c2)C2c3c(c4ccccc4n(C)c3=O)OC(C)(C)C12. The normalized spacial score (nSPS) is 24.9. The summed E-state index contributed by atoms with van der Waals surface area (Å²) in [6, 6.07) is 14.0. The lowest BCUT2D eigenvalue weighted by Crippen LogP contribution is -2.61. The Morgan fingerprint density at radius 1 is 1.00 bits per heavy atom. The smallest absolute Gasteiger partial charge is 0.258 e. The van der Waals surface area contributed by atoms with E-state index in [0.717, 1.165) is 27.8 Å². The van der Waals surface area contributed by atoms with Crippen molar-refractivity contribution in [3.8, 4) is 17.2 Å². The fraction of sp³-hybridized carbons (Fsp3) is 0.444. The molecule has 2 aromatic carbocycles. The zero-order valence-electron chi connectivity index (χ0n) is 20.0. The molecule has 1 aromatic heterocycles. The minimum atomic E-state index is -0.441. The van der Waals surface area contributed by atoms with E-state index >= 15 is 0 Å². The van der Waals surface area contributed by atoms with Crippen LogP contribution in [0.1, 0.15) is 36.8 Å². The molecule has 1 saturated carbocycles. The number of fused-ring (bicyclic) bond motifs is 5. The highest BCUT2D eigenvalue weighted by atomic mass is 16.5. The maximum absolute atomic E-state index is 13.7. The highest BCUT2D eigenvalue weighted by Gasteiger charge is 2.62. The highest BCUT2D eigenvalue weighted by molar-refractivity contribution is 5.87. The average Bonchev–Trinajstić information content (AvgIpc) is 2.80. The first kappa shape index (κ1) is 21.8. The molecule has 0 spiro atoms. The molecule has 2 aliphatic rings. The van der Waals surface area contributed by atoms with Crippen molar-refractivity contribution in [3.63, 3.8) is 0 Å². The van der Waals surface area contributed by atoms with Crippen LogP contribution in [0.25, 0.3) is 10.9 Å². The van der Waals surface area contributed by atoms with Gasteiger partial charge in [0.05, 0.1) is 31.9 Å². The lowest BCUT2D eigenvalue weighted by molar-refractivity contribution is -0.109. The second-order valence-electron chi connectivity index (χ2n) is 9.64. The zero-order chi connectivity index (χ0) is 23.5. The Labute approximate surface area is 194 Å². The molecule has 4 atom stereocenters. The summed E-state index contributed by atoms with van der Waals surface area (Å²) >= 11 is 0. The third kappa shape index (κ3) is 3.07. The number of nitrogens with zero attached hydrogens (tertiary/aromatic N) is 1. The molecule has 1 aliphatic heterocycles.